The second-order valence-electron chi connectivity index (χ2n) is 6.75. The molecular formula is C22H29N3O5. The van der Waals surface area contributed by atoms with Gasteiger partial charge in [-0.15, -0.1) is 10.2 Å². The number of fused-ring (bicyclic) bond motifs is 2. The van der Waals surface area contributed by atoms with Crippen molar-refractivity contribution in [3.63, 3.8) is 0 Å². The molecule has 0 atom stereocenters. The van der Waals surface area contributed by atoms with Crippen LogP contribution >= 0.6 is 0 Å². The molecule has 1 aliphatic heterocycles. The van der Waals surface area contributed by atoms with E-state index in [0.717, 1.165) is 5.69 Å². The summed E-state index contributed by atoms with van der Waals surface area (Å²) in [6.45, 7) is 3.80. The van der Waals surface area contributed by atoms with Crippen LogP contribution in [0.15, 0.2) is 52.7 Å². The van der Waals surface area contributed by atoms with Gasteiger partial charge in [-0.05, 0) is 24.3 Å². The van der Waals surface area contributed by atoms with Gasteiger partial charge in [0.05, 0.1) is 39.6 Å². The number of rotatable bonds is 1. The number of ether oxygens (including phenoxy) is 5. The highest BCUT2D eigenvalue weighted by Gasteiger charge is 2.08. The fourth-order valence-electron chi connectivity index (χ4n) is 2.71. The van der Waals surface area contributed by atoms with Crippen molar-refractivity contribution in [2.75, 3.05) is 71.9 Å². The molecule has 0 spiro atoms. The summed E-state index contributed by atoms with van der Waals surface area (Å²) < 4.78 is 28.3. The smallest absolute Gasteiger partial charge is 0.148 e. The van der Waals surface area contributed by atoms with E-state index in [9.17, 15) is 0 Å². The first-order valence-electron chi connectivity index (χ1n) is 10.0. The minimum absolute atomic E-state index is 0.405. The SMILES string of the molecule is CN(C)c1ccc2c(c1)OCCOCCOCCOCCOc1ccccc1N=N2. The molecule has 30 heavy (non-hydrogen) atoms. The Balaban J connectivity index is 1.80. The average molecular weight is 415 g/mol. The molecule has 8 nitrogen and oxygen atoms in total. The van der Waals surface area contributed by atoms with E-state index in [1.54, 1.807) is 0 Å². The largest absolute Gasteiger partial charge is 0.489 e. The zero-order valence-electron chi connectivity index (χ0n) is 17.6. The predicted octanol–water partition coefficient (Wildman–Crippen LogP) is 3.99. The number of nitrogens with zero attached hydrogens (tertiary/aromatic N) is 3. The zero-order valence-corrected chi connectivity index (χ0v) is 17.6. The lowest BCUT2D eigenvalue weighted by Gasteiger charge is -2.15. The molecule has 1 heterocycles. The van der Waals surface area contributed by atoms with Gasteiger partial charge in [-0.3, -0.25) is 0 Å². The Morgan fingerprint density at radius 2 is 1.17 bits per heavy atom. The van der Waals surface area contributed by atoms with Crippen LogP contribution in [0, 0.1) is 0 Å². The molecule has 8 heteroatoms. The van der Waals surface area contributed by atoms with Gasteiger partial charge in [-0.2, -0.15) is 0 Å². The number of hydrogen-bond donors (Lipinski definition) is 0. The zero-order chi connectivity index (χ0) is 21.0. The molecule has 0 fully saturated rings. The Bertz CT molecular complexity index is 813. The van der Waals surface area contributed by atoms with E-state index < -0.39 is 0 Å². The van der Waals surface area contributed by atoms with Gasteiger partial charge < -0.3 is 28.6 Å². The Hall–Kier alpha value is -2.68. The maximum atomic E-state index is 5.93. The topological polar surface area (TPSA) is 74.1 Å². The van der Waals surface area contributed by atoms with Gasteiger partial charge in [-0.25, -0.2) is 0 Å². The monoisotopic (exact) mass is 415 g/mol. The number of hydrogen-bond acceptors (Lipinski definition) is 8. The van der Waals surface area contributed by atoms with E-state index in [4.69, 9.17) is 23.7 Å². The highest BCUT2D eigenvalue weighted by molar-refractivity contribution is 5.62. The van der Waals surface area contributed by atoms with Crippen molar-refractivity contribution < 1.29 is 23.7 Å². The average Bonchev–Trinajstić information content (AvgIpc) is 2.76. The summed E-state index contributed by atoms with van der Waals surface area (Å²) in [6, 6.07) is 13.3. The van der Waals surface area contributed by atoms with E-state index in [-0.39, 0.29) is 0 Å². The first-order chi connectivity index (χ1) is 14.7. The highest BCUT2D eigenvalue weighted by Crippen LogP contribution is 2.35. The molecule has 2 aromatic rings. The Kier molecular flexibility index (Phi) is 8.89. The van der Waals surface area contributed by atoms with E-state index >= 15 is 0 Å². The van der Waals surface area contributed by atoms with E-state index in [1.807, 2.05) is 61.5 Å². The molecule has 0 radical (unpaired) electrons. The summed E-state index contributed by atoms with van der Waals surface area (Å²) in [5.41, 5.74) is 2.30. The molecule has 0 N–H and O–H groups in total. The van der Waals surface area contributed by atoms with Crippen LogP contribution in [0.4, 0.5) is 17.1 Å². The summed E-state index contributed by atoms with van der Waals surface area (Å²) in [4.78, 5) is 2.01. The van der Waals surface area contributed by atoms with E-state index in [2.05, 4.69) is 10.2 Å². The normalized spacial score (nSPS) is 16.6. The van der Waals surface area contributed by atoms with Crippen LogP contribution in [-0.4, -0.2) is 67.0 Å². The van der Waals surface area contributed by atoms with Crippen molar-refractivity contribution in [3.8, 4) is 11.5 Å². The van der Waals surface area contributed by atoms with Crippen molar-refractivity contribution in [1.29, 1.82) is 0 Å². The van der Waals surface area contributed by atoms with Crippen LogP contribution in [0.2, 0.25) is 0 Å². The van der Waals surface area contributed by atoms with Crippen LogP contribution in [0.5, 0.6) is 11.5 Å². The third kappa shape index (κ3) is 6.98. The van der Waals surface area contributed by atoms with Crippen molar-refractivity contribution in [3.05, 3.63) is 42.5 Å². The van der Waals surface area contributed by atoms with Gasteiger partial charge in [0.1, 0.15) is 36.1 Å². The molecular weight excluding hydrogens is 386 g/mol. The Morgan fingerprint density at radius 3 is 1.80 bits per heavy atom. The van der Waals surface area contributed by atoms with Crippen molar-refractivity contribution in [1.82, 2.24) is 0 Å². The molecule has 2 aromatic carbocycles. The van der Waals surface area contributed by atoms with Gasteiger partial charge in [0.25, 0.3) is 0 Å². The molecule has 0 aliphatic carbocycles. The van der Waals surface area contributed by atoms with Gasteiger partial charge >= 0.3 is 0 Å². The fourth-order valence-corrected chi connectivity index (χ4v) is 2.71. The molecule has 162 valence electrons. The molecule has 3 rings (SSSR count). The molecule has 0 aromatic heterocycles. The van der Waals surface area contributed by atoms with Crippen molar-refractivity contribution in [2.45, 2.75) is 0 Å². The Morgan fingerprint density at radius 1 is 0.633 bits per heavy atom. The van der Waals surface area contributed by atoms with Gasteiger partial charge in [0, 0.05) is 25.8 Å². The fraction of sp³-hybridized carbons (Fsp3) is 0.455. The van der Waals surface area contributed by atoms with Gasteiger partial charge in [-0.1, -0.05) is 12.1 Å². The summed E-state index contributed by atoms with van der Waals surface area (Å²) in [5, 5.41) is 8.81. The van der Waals surface area contributed by atoms with Crippen molar-refractivity contribution in [2.24, 2.45) is 10.2 Å². The summed E-state index contributed by atoms with van der Waals surface area (Å²) >= 11 is 0. The maximum Gasteiger partial charge on any atom is 0.148 e. The lowest BCUT2D eigenvalue weighted by Crippen LogP contribution is -2.14. The molecule has 1 aliphatic rings. The van der Waals surface area contributed by atoms with Crippen LogP contribution in [-0.2, 0) is 14.2 Å². The lowest BCUT2D eigenvalue weighted by atomic mass is 10.2. The number of para-hydroxylation sites is 1. The molecule has 0 saturated heterocycles. The minimum Gasteiger partial charge on any atom is -0.489 e. The standard InChI is InChI=1S/C22H29N3O5/c1-25(2)18-7-8-20-22(17-18)30-16-14-28-12-10-26-9-11-27-13-15-29-21-6-4-3-5-19(21)23-24-20/h3-8,17H,9-16H2,1-2H3. The summed E-state index contributed by atoms with van der Waals surface area (Å²) in [5.74, 6) is 1.30. The summed E-state index contributed by atoms with van der Waals surface area (Å²) in [6.07, 6.45) is 0. The molecule has 0 bridgehead atoms. The van der Waals surface area contributed by atoms with Crippen LogP contribution in [0.25, 0.3) is 0 Å². The number of anilines is 1. The third-order valence-corrected chi connectivity index (χ3v) is 4.31. The van der Waals surface area contributed by atoms with Crippen molar-refractivity contribution >= 4 is 17.1 Å². The third-order valence-electron chi connectivity index (χ3n) is 4.31. The number of azo groups is 1. The first-order valence-corrected chi connectivity index (χ1v) is 10.0. The second-order valence-corrected chi connectivity index (χ2v) is 6.75. The molecule has 0 amide bonds. The second kappa shape index (κ2) is 12.1. The van der Waals surface area contributed by atoms with Crippen LogP contribution in [0.3, 0.4) is 0 Å². The van der Waals surface area contributed by atoms with Gasteiger partial charge in [0.15, 0.2) is 0 Å². The molecule has 0 unspecified atom stereocenters. The van der Waals surface area contributed by atoms with E-state index in [1.165, 1.54) is 0 Å². The minimum atomic E-state index is 0.405. The number of benzene rings is 2. The Labute approximate surface area is 177 Å². The predicted molar refractivity (Wildman–Crippen MR) is 115 cm³/mol. The quantitative estimate of drug-likeness (QED) is 0.701. The van der Waals surface area contributed by atoms with Crippen LogP contribution < -0.4 is 14.4 Å². The highest BCUT2D eigenvalue weighted by atomic mass is 16.6. The maximum absolute atomic E-state index is 5.93. The summed E-state index contributed by atoms with van der Waals surface area (Å²) in [7, 11) is 3.96. The van der Waals surface area contributed by atoms with Crippen LogP contribution in [0.1, 0.15) is 0 Å². The first kappa shape index (κ1) is 22.0. The molecule has 0 saturated carbocycles. The lowest BCUT2D eigenvalue weighted by molar-refractivity contribution is 0.00506. The van der Waals surface area contributed by atoms with Gasteiger partial charge in [0.2, 0.25) is 0 Å². The van der Waals surface area contributed by atoms with E-state index in [0.29, 0.717) is 75.7 Å².